The molecule has 3 aromatic rings. The van der Waals surface area contributed by atoms with Crippen LogP contribution in [0.25, 0.3) is 0 Å². The Labute approximate surface area is 224 Å². The largest absolute Gasteiger partial charge is 0.497 e. The first kappa shape index (κ1) is 27.6. The lowest BCUT2D eigenvalue weighted by Gasteiger charge is -2.13. The number of hydrogen-bond donors (Lipinski definition) is 2. The molecule has 37 heavy (non-hydrogen) atoms. The van der Waals surface area contributed by atoms with Crippen LogP contribution in [0.4, 0.5) is 5.69 Å². The molecule has 0 radical (unpaired) electrons. The minimum Gasteiger partial charge on any atom is -0.497 e. The van der Waals surface area contributed by atoms with E-state index in [2.05, 4.69) is 15.8 Å². The van der Waals surface area contributed by atoms with Crippen LogP contribution in [0, 0.1) is 0 Å². The van der Waals surface area contributed by atoms with Gasteiger partial charge in [0.2, 0.25) is 0 Å². The molecule has 11 heteroatoms. The Morgan fingerprint density at radius 2 is 1.59 bits per heavy atom. The van der Waals surface area contributed by atoms with Crippen molar-refractivity contribution in [2.24, 2.45) is 5.10 Å². The van der Waals surface area contributed by atoms with Crippen LogP contribution in [0.3, 0.4) is 0 Å². The molecule has 3 aromatic carbocycles. The van der Waals surface area contributed by atoms with Gasteiger partial charge in [0.1, 0.15) is 18.1 Å². The van der Waals surface area contributed by atoms with Crippen molar-refractivity contribution >= 4 is 46.4 Å². The van der Waals surface area contributed by atoms with Crippen LogP contribution in [0.1, 0.15) is 18.1 Å². The molecule has 0 spiro atoms. The lowest BCUT2D eigenvalue weighted by atomic mass is 10.1. The van der Waals surface area contributed by atoms with Gasteiger partial charge in [-0.05, 0) is 49.4 Å². The highest BCUT2D eigenvalue weighted by Gasteiger charge is 2.17. The molecule has 0 saturated carbocycles. The molecule has 2 amide bonds. The summed E-state index contributed by atoms with van der Waals surface area (Å²) in [4.78, 5) is 24.6. The first-order chi connectivity index (χ1) is 17.7. The number of rotatable bonds is 9. The first-order valence-corrected chi connectivity index (χ1v) is 11.6. The second kappa shape index (κ2) is 12.8. The molecule has 0 bridgehead atoms. The van der Waals surface area contributed by atoms with E-state index in [9.17, 15) is 9.59 Å². The molecule has 3 rings (SSSR count). The number of carbonyl (C=O) groups excluding carboxylic acids is 2. The molecule has 0 aliphatic rings. The van der Waals surface area contributed by atoms with Gasteiger partial charge in [0.25, 0.3) is 0 Å². The van der Waals surface area contributed by atoms with Crippen LogP contribution in [-0.2, 0) is 16.2 Å². The number of anilines is 1. The summed E-state index contributed by atoms with van der Waals surface area (Å²) in [5.74, 6) is -0.0472. The van der Waals surface area contributed by atoms with Gasteiger partial charge in [-0.25, -0.2) is 5.43 Å². The summed E-state index contributed by atoms with van der Waals surface area (Å²) >= 11 is 12.1. The van der Waals surface area contributed by atoms with Crippen LogP contribution >= 0.6 is 23.2 Å². The fourth-order valence-electron chi connectivity index (χ4n) is 3.14. The number of amides is 2. The van der Waals surface area contributed by atoms with Gasteiger partial charge < -0.3 is 24.3 Å². The minimum atomic E-state index is -0.955. The molecule has 0 unspecified atom stereocenters. The van der Waals surface area contributed by atoms with Crippen molar-refractivity contribution in [3.63, 3.8) is 0 Å². The third-order valence-corrected chi connectivity index (χ3v) is 5.75. The summed E-state index contributed by atoms with van der Waals surface area (Å²) < 4.78 is 21.6. The van der Waals surface area contributed by atoms with Gasteiger partial charge >= 0.3 is 11.8 Å². The van der Waals surface area contributed by atoms with Gasteiger partial charge in [-0.15, -0.1) is 0 Å². The van der Waals surface area contributed by atoms with Crippen LogP contribution in [0.2, 0.25) is 10.0 Å². The summed E-state index contributed by atoms with van der Waals surface area (Å²) in [6.45, 7) is 1.89. The second-order valence-corrected chi connectivity index (χ2v) is 8.39. The molecule has 0 heterocycles. The van der Waals surface area contributed by atoms with E-state index in [1.54, 1.807) is 61.5 Å². The maximum absolute atomic E-state index is 12.3. The van der Waals surface area contributed by atoms with Crippen LogP contribution in [0.5, 0.6) is 23.0 Å². The highest BCUT2D eigenvalue weighted by Crippen LogP contribution is 2.31. The summed E-state index contributed by atoms with van der Waals surface area (Å²) in [6.07, 6.45) is 0. The molecule has 9 nitrogen and oxygen atoms in total. The van der Waals surface area contributed by atoms with Gasteiger partial charge in [0.15, 0.2) is 11.5 Å². The zero-order valence-electron chi connectivity index (χ0n) is 20.6. The Balaban J connectivity index is 1.64. The molecule has 0 atom stereocenters. The Kier molecular flexibility index (Phi) is 9.59. The number of methoxy groups -OCH3 is 3. The molecule has 0 aliphatic heterocycles. The van der Waals surface area contributed by atoms with E-state index in [0.717, 1.165) is 5.56 Å². The maximum atomic E-state index is 12.3. The van der Waals surface area contributed by atoms with E-state index < -0.39 is 11.8 Å². The van der Waals surface area contributed by atoms with Gasteiger partial charge in [-0.2, -0.15) is 5.10 Å². The van der Waals surface area contributed by atoms with Crippen molar-refractivity contribution in [3.05, 3.63) is 75.8 Å². The van der Waals surface area contributed by atoms with Crippen molar-refractivity contribution in [1.82, 2.24) is 5.43 Å². The predicted molar refractivity (Wildman–Crippen MR) is 142 cm³/mol. The highest BCUT2D eigenvalue weighted by atomic mass is 35.5. The Bertz CT molecular complexity index is 1330. The third kappa shape index (κ3) is 7.28. The maximum Gasteiger partial charge on any atom is 0.329 e. The lowest BCUT2D eigenvalue weighted by Crippen LogP contribution is -2.33. The summed E-state index contributed by atoms with van der Waals surface area (Å²) in [6, 6.07) is 15.1. The van der Waals surface area contributed by atoms with Crippen molar-refractivity contribution in [2.45, 2.75) is 13.5 Å². The number of nitrogens with zero attached hydrogens (tertiary/aromatic N) is 1. The molecule has 0 aliphatic carbocycles. The zero-order chi connectivity index (χ0) is 26.9. The third-order valence-electron chi connectivity index (χ3n) is 5.17. The summed E-state index contributed by atoms with van der Waals surface area (Å²) in [5, 5.41) is 7.54. The SMILES string of the molecule is COc1ccc(NC(=O)C(=O)N/N=C(\C)c2ccc(OCc3ccc(Cl)cc3Cl)c(OC)c2)c(OC)c1. The van der Waals surface area contributed by atoms with Gasteiger partial charge in [0, 0.05) is 27.2 Å². The highest BCUT2D eigenvalue weighted by molar-refractivity contribution is 6.39. The van der Waals surface area contributed by atoms with Crippen molar-refractivity contribution < 1.29 is 28.5 Å². The fourth-order valence-corrected chi connectivity index (χ4v) is 3.60. The predicted octanol–water partition coefficient (Wildman–Crippen LogP) is 5.08. The van der Waals surface area contributed by atoms with Gasteiger partial charge in [-0.3, -0.25) is 9.59 Å². The summed E-state index contributed by atoms with van der Waals surface area (Å²) in [7, 11) is 4.46. The first-order valence-electron chi connectivity index (χ1n) is 10.9. The summed E-state index contributed by atoms with van der Waals surface area (Å²) in [5.41, 5.74) is 4.40. The Hall–Kier alpha value is -3.95. The Morgan fingerprint density at radius 1 is 0.838 bits per heavy atom. The number of hydrogen-bond acceptors (Lipinski definition) is 7. The van der Waals surface area contributed by atoms with E-state index in [1.165, 1.54) is 21.3 Å². The molecular weight excluding hydrogens is 521 g/mol. The zero-order valence-corrected chi connectivity index (χ0v) is 22.1. The lowest BCUT2D eigenvalue weighted by molar-refractivity contribution is -0.136. The number of halogens is 2. The molecule has 0 saturated heterocycles. The molecule has 0 aromatic heterocycles. The van der Waals surface area contributed by atoms with E-state index >= 15 is 0 Å². The fraction of sp³-hybridized carbons (Fsp3) is 0.192. The van der Waals surface area contributed by atoms with Crippen molar-refractivity contribution in [2.75, 3.05) is 26.6 Å². The van der Waals surface area contributed by atoms with E-state index in [1.807, 2.05) is 0 Å². The number of benzene rings is 3. The van der Waals surface area contributed by atoms with Crippen LogP contribution < -0.4 is 29.7 Å². The van der Waals surface area contributed by atoms with Crippen molar-refractivity contribution in [1.29, 1.82) is 0 Å². The quantitative estimate of drug-likeness (QED) is 0.220. The normalized spacial score (nSPS) is 10.9. The monoisotopic (exact) mass is 545 g/mol. The number of ether oxygens (including phenoxy) is 4. The van der Waals surface area contributed by atoms with E-state index in [4.69, 9.17) is 42.1 Å². The molecule has 2 N–H and O–H groups in total. The average molecular weight is 546 g/mol. The second-order valence-electron chi connectivity index (χ2n) is 7.55. The molecular formula is C26H25Cl2N3O6. The van der Waals surface area contributed by atoms with Crippen LogP contribution in [0.15, 0.2) is 59.7 Å². The van der Waals surface area contributed by atoms with E-state index in [0.29, 0.717) is 50.0 Å². The van der Waals surface area contributed by atoms with Gasteiger partial charge in [-0.1, -0.05) is 29.3 Å². The molecule has 0 fully saturated rings. The van der Waals surface area contributed by atoms with Crippen molar-refractivity contribution in [3.8, 4) is 23.0 Å². The topological polar surface area (TPSA) is 107 Å². The average Bonchev–Trinajstić information content (AvgIpc) is 2.91. The standard InChI is InChI=1S/C26H25Cl2N3O6/c1-15(30-31-26(33)25(32)29-21-9-8-19(34-2)13-23(21)35-3)16-6-10-22(24(11-16)36-4)37-14-17-5-7-18(27)12-20(17)28/h5-13H,14H2,1-4H3,(H,29,32)(H,31,33)/b30-15+. The number of carbonyl (C=O) groups is 2. The Morgan fingerprint density at radius 3 is 2.27 bits per heavy atom. The molecule has 194 valence electrons. The number of nitrogens with one attached hydrogen (secondary N) is 2. The minimum absolute atomic E-state index is 0.211. The van der Waals surface area contributed by atoms with E-state index in [-0.39, 0.29) is 6.61 Å². The van der Waals surface area contributed by atoms with Gasteiger partial charge in [0.05, 0.1) is 32.7 Å². The van der Waals surface area contributed by atoms with Crippen LogP contribution in [-0.4, -0.2) is 38.9 Å². The smallest absolute Gasteiger partial charge is 0.329 e. The number of hydrazone groups is 1.